The van der Waals surface area contributed by atoms with E-state index < -0.39 is 0 Å². The molecule has 100 valence electrons. The SMILES string of the molecule is COCCNC(=O)Cc1ccc2cc(Cl)ccc2n1. The lowest BCUT2D eigenvalue weighted by molar-refractivity contribution is -0.120. The minimum atomic E-state index is -0.0575. The van der Waals surface area contributed by atoms with Gasteiger partial charge >= 0.3 is 0 Å². The molecule has 1 heterocycles. The number of fused-ring (bicyclic) bond motifs is 1. The van der Waals surface area contributed by atoms with E-state index in [4.69, 9.17) is 16.3 Å². The van der Waals surface area contributed by atoms with E-state index in [1.165, 1.54) is 0 Å². The Morgan fingerprint density at radius 1 is 1.37 bits per heavy atom. The summed E-state index contributed by atoms with van der Waals surface area (Å²) in [7, 11) is 1.60. The van der Waals surface area contributed by atoms with Crippen LogP contribution >= 0.6 is 11.6 Å². The minimum absolute atomic E-state index is 0.0575. The third kappa shape index (κ3) is 3.91. The number of halogens is 1. The molecule has 0 radical (unpaired) electrons. The zero-order valence-corrected chi connectivity index (χ0v) is 11.4. The first-order valence-electron chi connectivity index (χ1n) is 6.00. The molecule has 1 aromatic carbocycles. The highest BCUT2D eigenvalue weighted by Gasteiger charge is 2.05. The summed E-state index contributed by atoms with van der Waals surface area (Å²) in [5.74, 6) is -0.0575. The number of pyridine rings is 1. The summed E-state index contributed by atoms with van der Waals surface area (Å²) >= 11 is 5.91. The van der Waals surface area contributed by atoms with Crippen LogP contribution in [0.15, 0.2) is 30.3 Å². The Morgan fingerprint density at radius 3 is 3.00 bits per heavy atom. The highest BCUT2D eigenvalue weighted by molar-refractivity contribution is 6.31. The minimum Gasteiger partial charge on any atom is -0.383 e. The van der Waals surface area contributed by atoms with Crippen molar-refractivity contribution in [3.8, 4) is 0 Å². The van der Waals surface area contributed by atoms with Crippen LogP contribution in [0.2, 0.25) is 5.02 Å². The summed E-state index contributed by atoms with van der Waals surface area (Å²) in [5, 5.41) is 4.41. The van der Waals surface area contributed by atoms with Gasteiger partial charge in [-0.25, -0.2) is 0 Å². The van der Waals surface area contributed by atoms with Gasteiger partial charge in [-0.05, 0) is 24.3 Å². The van der Waals surface area contributed by atoms with Crippen LogP contribution < -0.4 is 5.32 Å². The molecule has 2 aromatic rings. The van der Waals surface area contributed by atoms with E-state index in [9.17, 15) is 4.79 Å². The fourth-order valence-corrected chi connectivity index (χ4v) is 1.94. The fraction of sp³-hybridized carbons (Fsp3) is 0.286. The number of nitrogens with one attached hydrogen (secondary N) is 1. The predicted octanol–water partition coefficient (Wildman–Crippen LogP) is 2.19. The first-order chi connectivity index (χ1) is 9.19. The molecule has 0 saturated heterocycles. The Bertz CT molecular complexity index is 587. The maximum atomic E-state index is 11.6. The summed E-state index contributed by atoms with van der Waals surface area (Å²) in [4.78, 5) is 16.1. The zero-order valence-electron chi connectivity index (χ0n) is 10.6. The van der Waals surface area contributed by atoms with Crippen LogP contribution in [0.4, 0.5) is 0 Å². The number of nitrogens with zero attached hydrogens (tertiary/aromatic N) is 1. The lowest BCUT2D eigenvalue weighted by Crippen LogP contribution is -2.28. The summed E-state index contributed by atoms with van der Waals surface area (Å²) in [5.41, 5.74) is 1.58. The quantitative estimate of drug-likeness (QED) is 0.853. The first kappa shape index (κ1) is 13.8. The van der Waals surface area contributed by atoms with Crippen molar-refractivity contribution in [2.45, 2.75) is 6.42 Å². The number of methoxy groups -OCH3 is 1. The second-order valence-electron chi connectivity index (χ2n) is 4.16. The largest absolute Gasteiger partial charge is 0.383 e. The molecule has 0 atom stereocenters. The van der Waals surface area contributed by atoms with Crippen LogP contribution in [0.5, 0.6) is 0 Å². The number of hydrogen-bond donors (Lipinski definition) is 1. The van der Waals surface area contributed by atoms with E-state index >= 15 is 0 Å². The molecule has 0 aliphatic carbocycles. The number of rotatable bonds is 5. The molecule has 2 rings (SSSR count). The molecule has 1 N–H and O–H groups in total. The van der Waals surface area contributed by atoms with E-state index in [0.29, 0.717) is 18.2 Å². The number of carbonyl (C=O) groups excluding carboxylic acids is 1. The van der Waals surface area contributed by atoms with Gasteiger partial charge in [-0.1, -0.05) is 17.7 Å². The second-order valence-corrected chi connectivity index (χ2v) is 4.60. The van der Waals surface area contributed by atoms with Crippen LogP contribution in [-0.4, -0.2) is 31.2 Å². The van der Waals surface area contributed by atoms with Crippen molar-refractivity contribution in [3.63, 3.8) is 0 Å². The number of ether oxygens (including phenoxy) is 1. The summed E-state index contributed by atoms with van der Waals surface area (Å²) < 4.78 is 4.87. The molecular formula is C14H15ClN2O2. The van der Waals surface area contributed by atoms with Gasteiger partial charge in [0.15, 0.2) is 0 Å². The Kier molecular flexibility index (Phi) is 4.71. The Morgan fingerprint density at radius 2 is 2.21 bits per heavy atom. The number of amides is 1. The van der Waals surface area contributed by atoms with Gasteiger partial charge in [0.1, 0.15) is 0 Å². The van der Waals surface area contributed by atoms with Crippen molar-refractivity contribution in [1.29, 1.82) is 0 Å². The van der Waals surface area contributed by atoms with E-state index in [-0.39, 0.29) is 12.3 Å². The molecule has 0 fully saturated rings. The summed E-state index contributed by atoms with van der Waals surface area (Å²) in [6, 6.07) is 9.26. The molecule has 4 nitrogen and oxygen atoms in total. The molecule has 5 heteroatoms. The smallest absolute Gasteiger partial charge is 0.226 e. The van der Waals surface area contributed by atoms with Crippen molar-refractivity contribution in [3.05, 3.63) is 41.0 Å². The van der Waals surface area contributed by atoms with Gasteiger partial charge in [-0.15, -0.1) is 0 Å². The molecule has 0 aliphatic rings. The van der Waals surface area contributed by atoms with Crippen LogP contribution in [-0.2, 0) is 16.0 Å². The molecule has 19 heavy (non-hydrogen) atoms. The third-order valence-electron chi connectivity index (χ3n) is 2.68. The fourth-order valence-electron chi connectivity index (χ4n) is 1.76. The van der Waals surface area contributed by atoms with Gasteiger partial charge in [-0.3, -0.25) is 9.78 Å². The number of benzene rings is 1. The van der Waals surface area contributed by atoms with Gasteiger partial charge in [-0.2, -0.15) is 0 Å². The van der Waals surface area contributed by atoms with Crippen LogP contribution in [0.3, 0.4) is 0 Å². The molecular weight excluding hydrogens is 264 g/mol. The third-order valence-corrected chi connectivity index (χ3v) is 2.91. The Labute approximate surface area is 116 Å². The number of carbonyl (C=O) groups is 1. The van der Waals surface area contributed by atoms with Gasteiger partial charge in [0.2, 0.25) is 5.91 Å². The molecule has 1 aromatic heterocycles. The van der Waals surface area contributed by atoms with Crippen LogP contribution in [0.1, 0.15) is 5.69 Å². The number of hydrogen-bond acceptors (Lipinski definition) is 3. The average molecular weight is 279 g/mol. The molecule has 0 aliphatic heterocycles. The maximum absolute atomic E-state index is 11.6. The summed E-state index contributed by atoms with van der Waals surface area (Å²) in [6.07, 6.45) is 0.266. The Hall–Kier alpha value is -1.65. The average Bonchev–Trinajstić information content (AvgIpc) is 2.39. The highest BCUT2D eigenvalue weighted by Crippen LogP contribution is 2.18. The first-order valence-corrected chi connectivity index (χ1v) is 6.37. The van der Waals surface area contributed by atoms with E-state index in [0.717, 1.165) is 16.6 Å². The van der Waals surface area contributed by atoms with Crippen molar-refractivity contribution in [2.75, 3.05) is 20.3 Å². The highest BCUT2D eigenvalue weighted by atomic mass is 35.5. The van der Waals surface area contributed by atoms with Crippen LogP contribution in [0.25, 0.3) is 10.9 Å². The summed E-state index contributed by atoms with van der Waals surface area (Å²) in [6.45, 7) is 1.02. The molecule has 0 bridgehead atoms. The normalized spacial score (nSPS) is 10.6. The number of aromatic nitrogens is 1. The standard InChI is InChI=1S/C14H15ClN2O2/c1-19-7-6-16-14(18)9-12-4-2-10-8-11(15)3-5-13(10)17-12/h2-5,8H,6-7,9H2,1H3,(H,16,18). The molecule has 0 saturated carbocycles. The maximum Gasteiger partial charge on any atom is 0.226 e. The zero-order chi connectivity index (χ0) is 13.7. The lowest BCUT2D eigenvalue weighted by atomic mass is 10.2. The predicted molar refractivity (Wildman–Crippen MR) is 75.3 cm³/mol. The van der Waals surface area contributed by atoms with E-state index in [1.54, 1.807) is 13.2 Å². The molecule has 1 amide bonds. The van der Waals surface area contributed by atoms with Crippen LogP contribution in [0, 0.1) is 0 Å². The second kappa shape index (κ2) is 6.50. The monoisotopic (exact) mass is 278 g/mol. The van der Waals surface area contributed by atoms with E-state index in [2.05, 4.69) is 10.3 Å². The van der Waals surface area contributed by atoms with Crippen molar-refractivity contribution < 1.29 is 9.53 Å². The topological polar surface area (TPSA) is 51.2 Å². The van der Waals surface area contributed by atoms with Gasteiger partial charge < -0.3 is 10.1 Å². The van der Waals surface area contributed by atoms with E-state index in [1.807, 2.05) is 24.3 Å². The van der Waals surface area contributed by atoms with Gasteiger partial charge in [0, 0.05) is 24.1 Å². The molecule has 0 spiro atoms. The van der Waals surface area contributed by atoms with Crippen molar-refractivity contribution >= 4 is 28.4 Å². The lowest BCUT2D eigenvalue weighted by Gasteiger charge is -2.05. The van der Waals surface area contributed by atoms with Crippen molar-refractivity contribution in [1.82, 2.24) is 10.3 Å². The van der Waals surface area contributed by atoms with Crippen molar-refractivity contribution in [2.24, 2.45) is 0 Å². The Balaban J connectivity index is 2.05. The van der Waals surface area contributed by atoms with Gasteiger partial charge in [0.05, 0.1) is 24.2 Å². The van der Waals surface area contributed by atoms with Gasteiger partial charge in [0.25, 0.3) is 0 Å². The molecule has 0 unspecified atom stereocenters.